The van der Waals surface area contributed by atoms with Crippen LogP contribution in [0.1, 0.15) is 28.4 Å². The number of fused-ring (bicyclic) bond motifs is 1. The van der Waals surface area contributed by atoms with Gasteiger partial charge in [0.2, 0.25) is 6.29 Å². The van der Waals surface area contributed by atoms with E-state index in [2.05, 4.69) is 0 Å². The highest BCUT2D eigenvalue weighted by atomic mass is 16.7. The van der Waals surface area contributed by atoms with Gasteiger partial charge in [0, 0.05) is 12.1 Å². The molecule has 0 bridgehead atoms. The molecule has 11 heteroatoms. The lowest BCUT2D eigenvalue weighted by Crippen LogP contribution is -2.61. The molecule has 0 spiro atoms. The van der Waals surface area contributed by atoms with Gasteiger partial charge in [-0.2, -0.15) is 0 Å². The van der Waals surface area contributed by atoms with Gasteiger partial charge < -0.3 is 44.8 Å². The van der Waals surface area contributed by atoms with Gasteiger partial charge in [-0.15, -0.1) is 0 Å². The number of carbonyl (C=O) groups is 2. The summed E-state index contributed by atoms with van der Waals surface area (Å²) in [6, 6.07) is 8.37. The number of aliphatic carboxylic acids is 1. The molecule has 0 amide bonds. The van der Waals surface area contributed by atoms with Crippen LogP contribution < -0.4 is 9.47 Å². The molecule has 1 fully saturated rings. The Hall–Kier alpha value is -3.38. The molecule has 1 saturated heterocycles. The van der Waals surface area contributed by atoms with Crippen LogP contribution in [0.15, 0.2) is 36.4 Å². The van der Waals surface area contributed by atoms with Crippen molar-refractivity contribution in [3.8, 4) is 23.0 Å². The number of Topliss-reactive ketones (excluding diaryl/α,β-unsaturated/α-hetero) is 1. The number of benzene rings is 2. The zero-order valence-electron chi connectivity index (χ0n) is 16.4. The van der Waals surface area contributed by atoms with Crippen LogP contribution in [-0.2, 0) is 9.53 Å². The maximum atomic E-state index is 12.6. The summed E-state index contributed by atoms with van der Waals surface area (Å²) in [6.45, 7) is 0. The number of phenolic OH excluding ortho intramolecular Hbond substituents is 2. The lowest BCUT2D eigenvalue weighted by Gasteiger charge is -2.38. The molecule has 0 aliphatic carbocycles. The van der Waals surface area contributed by atoms with E-state index < -0.39 is 54.3 Å². The molecule has 0 aromatic heterocycles. The SMILES string of the molecule is O=C1C[C@@H](c2ccc(O)cc2)Oc2cc(O[C@@H]3O[C@@H](C(=O)O)[C@H](O)[C@@H](O)[C@@H]3O)cc(O)c21. The van der Waals surface area contributed by atoms with Gasteiger partial charge in [0.1, 0.15) is 53.0 Å². The van der Waals surface area contributed by atoms with Crippen LogP contribution in [0.2, 0.25) is 0 Å². The second kappa shape index (κ2) is 8.28. The molecule has 32 heavy (non-hydrogen) atoms. The summed E-state index contributed by atoms with van der Waals surface area (Å²) in [4.78, 5) is 23.8. The third-order valence-corrected chi connectivity index (χ3v) is 5.30. The minimum Gasteiger partial charge on any atom is -0.508 e. The van der Waals surface area contributed by atoms with Crippen molar-refractivity contribution in [2.75, 3.05) is 0 Å². The molecule has 6 N–H and O–H groups in total. The Morgan fingerprint density at radius 1 is 1.00 bits per heavy atom. The van der Waals surface area contributed by atoms with E-state index >= 15 is 0 Å². The van der Waals surface area contributed by atoms with Crippen molar-refractivity contribution in [2.24, 2.45) is 0 Å². The first kappa shape index (κ1) is 21.8. The average Bonchev–Trinajstić information content (AvgIpc) is 2.73. The Labute approximate surface area is 180 Å². The highest BCUT2D eigenvalue weighted by molar-refractivity contribution is 6.02. The van der Waals surface area contributed by atoms with E-state index in [9.17, 15) is 35.1 Å². The molecule has 2 heterocycles. The van der Waals surface area contributed by atoms with Crippen molar-refractivity contribution >= 4 is 11.8 Å². The molecular weight excluding hydrogens is 428 g/mol. The fourth-order valence-corrected chi connectivity index (χ4v) is 3.64. The fraction of sp³-hybridized carbons (Fsp3) is 0.333. The molecule has 4 rings (SSSR count). The minimum atomic E-state index is -1.88. The van der Waals surface area contributed by atoms with Gasteiger partial charge in [-0.1, -0.05) is 12.1 Å². The van der Waals surface area contributed by atoms with Crippen molar-refractivity contribution in [1.29, 1.82) is 0 Å². The largest absolute Gasteiger partial charge is 0.508 e. The third kappa shape index (κ3) is 3.94. The summed E-state index contributed by atoms with van der Waals surface area (Å²) in [5.41, 5.74) is 0.538. The summed E-state index contributed by atoms with van der Waals surface area (Å²) < 4.78 is 16.3. The summed E-state index contributed by atoms with van der Waals surface area (Å²) in [6.07, 6.45) is -9.86. The number of hydrogen-bond acceptors (Lipinski definition) is 10. The predicted octanol–water partition coefficient (Wildman–Crippen LogP) is 0.0753. The second-order valence-corrected chi connectivity index (χ2v) is 7.49. The summed E-state index contributed by atoms with van der Waals surface area (Å²) in [5, 5.41) is 58.7. The van der Waals surface area contributed by atoms with Gasteiger partial charge in [-0.25, -0.2) is 4.79 Å². The second-order valence-electron chi connectivity index (χ2n) is 7.49. The molecule has 0 radical (unpaired) electrons. The topological polar surface area (TPSA) is 183 Å². The Bertz CT molecular complexity index is 1030. The van der Waals surface area contributed by atoms with Crippen LogP contribution in [0.4, 0.5) is 0 Å². The molecule has 170 valence electrons. The van der Waals surface area contributed by atoms with E-state index in [1.165, 1.54) is 18.2 Å². The molecule has 2 aliphatic rings. The zero-order chi connectivity index (χ0) is 23.2. The number of carboxylic acids is 1. The predicted molar refractivity (Wildman–Crippen MR) is 103 cm³/mol. The molecule has 2 aliphatic heterocycles. The number of carboxylic acid groups (broad SMARTS) is 1. The van der Waals surface area contributed by atoms with Crippen LogP contribution in [0.25, 0.3) is 0 Å². The smallest absolute Gasteiger partial charge is 0.335 e. The van der Waals surface area contributed by atoms with E-state index in [0.29, 0.717) is 5.56 Å². The first-order chi connectivity index (χ1) is 15.2. The van der Waals surface area contributed by atoms with Gasteiger partial charge in [-0.3, -0.25) is 4.79 Å². The normalized spacial score (nSPS) is 29.7. The average molecular weight is 448 g/mol. The van der Waals surface area contributed by atoms with Crippen molar-refractivity contribution in [2.45, 2.75) is 43.2 Å². The van der Waals surface area contributed by atoms with E-state index in [1.807, 2.05) is 0 Å². The van der Waals surface area contributed by atoms with Crippen molar-refractivity contribution < 1.29 is 54.4 Å². The molecule has 6 atom stereocenters. The molecule has 11 nitrogen and oxygen atoms in total. The number of ether oxygens (including phenoxy) is 3. The number of rotatable bonds is 4. The number of hydrogen-bond donors (Lipinski definition) is 6. The number of phenols is 2. The number of ketones is 1. The van der Waals surface area contributed by atoms with E-state index in [0.717, 1.165) is 6.07 Å². The number of carbonyl (C=O) groups excluding carboxylic acids is 1. The van der Waals surface area contributed by atoms with Crippen molar-refractivity contribution in [3.63, 3.8) is 0 Å². The summed E-state index contributed by atoms with van der Waals surface area (Å²) in [7, 11) is 0. The van der Waals surface area contributed by atoms with Crippen LogP contribution in [-0.4, -0.2) is 73.1 Å². The Morgan fingerprint density at radius 2 is 1.69 bits per heavy atom. The summed E-state index contributed by atoms with van der Waals surface area (Å²) in [5.74, 6) is -2.55. The monoisotopic (exact) mass is 448 g/mol. The highest BCUT2D eigenvalue weighted by Crippen LogP contribution is 2.42. The molecular formula is C21H20O11. The third-order valence-electron chi connectivity index (χ3n) is 5.30. The first-order valence-electron chi connectivity index (χ1n) is 9.60. The number of aliphatic hydroxyl groups is 3. The van der Waals surface area contributed by atoms with Gasteiger partial charge in [-0.05, 0) is 17.7 Å². The van der Waals surface area contributed by atoms with Crippen LogP contribution in [0.3, 0.4) is 0 Å². The minimum absolute atomic E-state index is 0.0185. The van der Waals surface area contributed by atoms with Gasteiger partial charge in [0.15, 0.2) is 11.9 Å². The quantitative estimate of drug-likeness (QED) is 0.372. The molecule has 2 aromatic rings. The van der Waals surface area contributed by atoms with Crippen LogP contribution in [0.5, 0.6) is 23.0 Å². The van der Waals surface area contributed by atoms with Gasteiger partial charge in [0.05, 0.1) is 6.42 Å². The maximum Gasteiger partial charge on any atom is 0.335 e. The lowest BCUT2D eigenvalue weighted by atomic mass is 9.95. The zero-order valence-corrected chi connectivity index (χ0v) is 16.4. The molecule has 0 saturated carbocycles. The Morgan fingerprint density at radius 3 is 2.34 bits per heavy atom. The summed E-state index contributed by atoms with van der Waals surface area (Å²) >= 11 is 0. The number of aromatic hydroxyl groups is 2. The maximum absolute atomic E-state index is 12.6. The molecule has 0 unspecified atom stereocenters. The van der Waals surface area contributed by atoms with Crippen LogP contribution in [0, 0.1) is 0 Å². The standard InChI is InChI=1S/C21H20O11/c22-9-3-1-8(2-4-9)13-7-12(24)15-11(23)5-10(6-14(15)31-13)30-21-18(27)16(25)17(26)19(32-21)20(28)29/h1-6,13,16-19,21-23,25-27H,7H2,(H,28,29)/t13-,16+,17+,18-,19+,21+/m0/s1. The highest BCUT2D eigenvalue weighted by Gasteiger charge is 2.48. The Balaban J connectivity index is 1.60. The molecule has 2 aromatic carbocycles. The van der Waals surface area contributed by atoms with E-state index in [4.69, 9.17) is 19.3 Å². The Kier molecular flexibility index (Phi) is 5.65. The lowest BCUT2D eigenvalue weighted by molar-refractivity contribution is -0.271. The van der Waals surface area contributed by atoms with Gasteiger partial charge in [0.25, 0.3) is 0 Å². The fourth-order valence-electron chi connectivity index (χ4n) is 3.64. The van der Waals surface area contributed by atoms with Gasteiger partial charge >= 0.3 is 5.97 Å². The van der Waals surface area contributed by atoms with E-state index in [1.54, 1.807) is 12.1 Å². The first-order valence-corrected chi connectivity index (χ1v) is 9.60. The number of aliphatic hydroxyl groups excluding tert-OH is 3. The van der Waals surface area contributed by atoms with Crippen molar-refractivity contribution in [1.82, 2.24) is 0 Å². The van der Waals surface area contributed by atoms with Crippen LogP contribution >= 0.6 is 0 Å². The van der Waals surface area contributed by atoms with Crippen molar-refractivity contribution in [3.05, 3.63) is 47.5 Å². The van der Waals surface area contributed by atoms with E-state index in [-0.39, 0.29) is 29.2 Å².